The number of rotatable bonds is 8. The first-order chi connectivity index (χ1) is 15.1. The van der Waals surface area contributed by atoms with E-state index in [4.69, 9.17) is 4.74 Å². The van der Waals surface area contributed by atoms with Crippen LogP contribution in [-0.4, -0.2) is 46.0 Å². The number of hydrogen-bond donors (Lipinski definition) is 1. The van der Waals surface area contributed by atoms with Crippen LogP contribution in [-0.2, 0) is 9.53 Å². The summed E-state index contributed by atoms with van der Waals surface area (Å²) >= 11 is 0. The summed E-state index contributed by atoms with van der Waals surface area (Å²) in [4.78, 5) is 14.8. The van der Waals surface area contributed by atoms with Crippen molar-refractivity contribution < 1.29 is 9.53 Å². The highest BCUT2D eigenvalue weighted by molar-refractivity contribution is 6.44. The fourth-order valence-electron chi connectivity index (χ4n) is 3.72. The van der Waals surface area contributed by atoms with Gasteiger partial charge in [0, 0.05) is 49.2 Å². The van der Waals surface area contributed by atoms with Crippen molar-refractivity contribution in [2.24, 2.45) is 5.10 Å². The van der Waals surface area contributed by atoms with Crippen molar-refractivity contribution in [3.8, 4) is 0 Å². The molecule has 1 heterocycles. The number of ether oxygens (including phenoxy) is 1. The number of fused-ring (bicyclic) bond motifs is 1. The number of esters is 1. The smallest absolute Gasteiger partial charge is 0.359 e. The molecular weight excluding hydrogens is 388 g/mol. The van der Waals surface area contributed by atoms with Gasteiger partial charge in [-0.05, 0) is 37.3 Å². The number of hydrogen-bond acceptors (Lipinski definition) is 6. The molecule has 0 spiro atoms. The Morgan fingerprint density at radius 1 is 1.16 bits per heavy atom. The highest BCUT2D eigenvalue weighted by atomic mass is 16.5. The molecule has 1 N–H and O–H groups in total. The first kappa shape index (κ1) is 22.2. The van der Waals surface area contributed by atoms with Gasteiger partial charge in [-0.3, -0.25) is 5.01 Å². The quantitative estimate of drug-likeness (QED) is 0.301. The molecule has 0 amide bonds. The van der Waals surface area contributed by atoms with Crippen molar-refractivity contribution in [2.75, 3.05) is 44.2 Å². The lowest BCUT2D eigenvalue weighted by atomic mass is 10.1. The third-order valence-corrected chi connectivity index (χ3v) is 5.28. The summed E-state index contributed by atoms with van der Waals surface area (Å²) in [7, 11) is 4.99. The van der Waals surface area contributed by atoms with E-state index in [2.05, 4.69) is 52.2 Å². The van der Waals surface area contributed by atoms with Crippen molar-refractivity contribution in [2.45, 2.75) is 12.8 Å². The number of methoxy groups -OCH3 is 1. The number of nitrogens with zero attached hydrogens (tertiary/aromatic N) is 3. The molecule has 1 saturated heterocycles. The maximum Gasteiger partial charge on any atom is 0.359 e. The summed E-state index contributed by atoms with van der Waals surface area (Å²) in [6.45, 7) is 6.15. The second-order valence-electron chi connectivity index (χ2n) is 7.34. The van der Waals surface area contributed by atoms with Crippen LogP contribution in [0.3, 0.4) is 0 Å². The average molecular weight is 419 g/mol. The zero-order valence-electron chi connectivity index (χ0n) is 18.5. The van der Waals surface area contributed by atoms with Crippen LogP contribution in [0.2, 0.25) is 0 Å². The van der Waals surface area contributed by atoms with E-state index in [9.17, 15) is 4.79 Å². The minimum absolute atomic E-state index is 0.159. The summed E-state index contributed by atoms with van der Waals surface area (Å²) in [5, 5.41) is 11.4. The van der Waals surface area contributed by atoms with Crippen molar-refractivity contribution in [3.63, 3.8) is 0 Å². The van der Waals surface area contributed by atoms with Crippen LogP contribution in [0.25, 0.3) is 10.8 Å². The normalized spacial score (nSPS) is 14.5. The molecule has 2 aromatic carbocycles. The number of benzene rings is 2. The van der Waals surface area contributed by atoms with Crippen LogP contribution in [0, 0.1) is 0 Å². The summed E-state index contributed by atoms with van der Waals surface area (Å²) in [6, 6.07) is 12.5. The van der Waals surface area contributed by atoms with Crippen LogP contribution < -0.4 is 15.2 Å². The molecule has 1 fully saturated rings. The Kier molecular flexibility index (Phi) is 7.49. The molecule has 6 nitrogen and oxygen atoms in total. The van der Waals surface area contributed by atoms with E-state index in [1.807, 2.05) is 26.2 Å². The molecule has 3 rings (SSSR count). The lowest BCUT2D eigenvalue weighted by Gasteiger charge is -2.23. The molecule has 1 aliphatic rings. The number of carbonyl (C=O) groups excluding carboxylic acids is 1. The summed E-state index contributed by atoms with van der Waals surface area (Å²) in [5.41, 5.74) is 2.78. The molecule has 6 heteroatoms. The highest BCUT2D eigenvalue weighted by Gasteiger charge is 2.19. The second kappa shape index (κ2) is 10.5. The molecule has 0 aliphatic carbocycles. The molecule has 0 bridgehead atoms. The lowest BCUT2D eigenvalue weighted by Crippen LogP contribution is -2.23. The van der Waals surface area contributed by atoms with E-state index in [1.165, 1.54) is 31.0 Å². The fourth-order valence-corrected chi connectivity index (χ4v) is 3.72. The standard InChI is InChI=1S/C25H30N4O2/c1-19(11-7-8-16-26-2)24(25(30)31-4)27-28(3)22-14-15-23(29-17-9-10-18-29)21-13-6-5-12-20(21)22/h5-8,11-16,26H,1,9-10,17-18H2,2-4H3/b11-7-,16-8-,27-24-. The van der Waals surface area contributed by atoms with Crippen molar-refractivity contribution >= 4 is 33.8 Å². The van der Waals surface area contributed by atoms with Crippen molar-refractivity contribution in [1.82, 2.24) is 5.32 Å². The molecule has 162 valence electrons. The van der Waals surface area contributed by atoms with Crippen molar-refractivity contribution in [3.05, 3.63) is 73.0 Å². The highest BCUT2D eigenvalue weighted by Crippen LogP contribution is 2.35. The minimum atomic E-state index is -0.530. The van der Waals surface area contributed by atoms with E-state index in [0.717, 1.165) is 24.2 Å². The van der Waals surface area contributed by atoms with E-state index >= 15 is 0 Å². The van der Waals surface area contributed by atoms with Gasteiger partial charge in [-0.25, -0.2) is 4.79 Å². The van der Waals surface area contributed by atoms with Crippen molar-refractivity contribution in [1.29, 1.82) is 0 Å². The van der Waals surface area contributed by atoms with Gasteiger partial charge in [-0.2, -0.15) is 5.10 Å². The van der Waals surface area contributed by atoms with E-state index in [-0.39, 0.29) is 5.71 Å². The maximum atomic E-state index is 12.4. The summed E-state index contributed by atoms with van der Waals surface area (Å²) in [5.74, 6) is -0.530. The Morgan fingerprint density at radius 3 is 2.55 bits per heavy atom. The number of carbonyl (C=O) groups is 1. The molecule has 0 radical (unpaired) electrons. The first-order valence-electron chi connectivity index (χ1n) is 10.4. The zero-order chi connectivity index (χ0) is 22.2. The minimum Gasteiger partial charge on any atom is -0.464 e. The Bertz CT molecular complexity index is 1030. The molecule has 0 saturated carbocycles. The Hall–Kier alpha value is -3.54. The number of anilines is 2. The summed E-state index contributed by atoms with van der Waals surface area (Å²) < 4.78 is 4.94. The maximum absolute atomic E-state index is 12.4. The number of hydrazone groups is 1. The molecule has 1 aliphatic heterocycles. The van der Waals surface area contributed by atoms with Gasteiger partial charge in [0.2, 0.25) is 0 Å². The van der Waals surface area contributed by atoms with E-state index in [1.54, 1.807) is 23.4 Å². The first-order valence-corrected chi connectivity index (χ1v) is 10.4. The third-order valence-electron chi connectivity index (χ3n) is 5.28. The van der Waals surface area contributed by atoms with Gasteiger partial charge >= 0.3 is 5.97 Å². The number of nitrogens with one attached hydrogen (secondary N) is 1. The predicted octanol–water partition coefficient (Wildman–Crippen LogP) is 4.25. The Balaban J connectivity index is 1.98. The molecule has 31 heavy (non-hydrogen) atoms. The van der Waals surface area contributed by atoms with Gasteiger partial charge in [-0.15, -0.1) is 0 Å². The summed E-state index contributed by atoms with van der Waals surface area (Å²) in [6.07, 6.45) is 9.56. The van der Waals surface area contributed by atoms with Crippen LogP contribution in [0.1, 0.15) is 12.8 Å². The SMILES string of the molecule is C=C(/C=C\C=C/NC)/C(=N/N(C)c1ccc(N2CCCC2)c2ccccc12)C(=O)OC. The topological polar surface area (TPSA) is 57.2 Å². The van der Waals surface area contributed by atoms with Gasteiger partial charge in [-0.1, -0.05) is 43.0 Å². The molecule has 0 atom stereocenters. The molecule has 2 aromatic rings. The van der Waals surface area contributed by atoms with Crippen LogP contribution in [0.5, 0.6) is 0 Å². The monoisotopic (exact) mass is 418 g/mol. The molecular formula is C25H30N4O2. The van der Waals surface area contributed by atoms with Gasteiger partial charge in [0.15, 0.2) is 5.71 Å². The van der Waals surface area contributed by atoms with E-state index in [0.29, 0.717) is 5.57 Å². The number of allylic oxidation sites excluding steroid dienone is 3. The average Bonchev–Trinajstić information content (AvgIpc) is 3.33. The fraction of sp³-hybridized carbons (Fsp3) is 0.280. The van der Waals surface area contributed by atoms with Crippen LogP contribution >= 0.6 is 0 Å². The largest absolute Gasteiger partial charge is 0.464 e. The Morgan fingerprint density at radius 2 is 1.87 bits per heavy atom. The zero-order valence-corrected chi connectivity index (χ0v) is 18.5. The third kappa shape index (κ3) is 5.15. The van der Waals surface area contributed by atoms with Crippen LogP contribution in [0.4, 0.5) is 11.4 Å². The van der Waals surface area contributed by atoms with Gasteiger partial charge in [0.1, 0.15) is 0 Å². The molecule has 0 unspecified atom stereocenters. The lowest BCUT2D eigenvalue weighted by molar-refractivity contribution is -0.132. The van der Waals surface area contributed by atoms with Gasteiger partial charge in [0.05, 0.1) is 12.8 Å². The molecule has 0 aromatic heterocycles. The second-order valence-corrected chi connectivity index (χ2v) is 7.34. The van der Waals surface area contributed by atoms with Crippen LogP contribution in [0.15, 0.2) is 78.1 Å². The Labute approximate surface area is 184 Å². The van der Waals surface area contributed by atoms with E-state index < -0.39 is 5.97 Å². The van der Waals surface area contributed by atoms with Gasteiger partial charge in [0.25, 0.3) is 0 Å². The predicted molar refractivity (Wildman–Crippen MR) is 130 cm³/mol. The van der Waals surface area contributed by atoms with Gasteiger partial charge < -0.3 is 15.0 Å².